The number of hydrogen-bond donors (Lipinski definition) is 1. The summed E-state index contributed by atoms with van der Waals surface area (Å²) in [7, 11) is 0. The third-order valence-electron chi connectivity index (χ3n) is 2.72. The molecular formula is C15H18N2OS2. The van der Waals surface area contributed by atoms with Gasteiger partial charge in [0.25, 0.3) is 0 Å². The van der Waals surface area contributed by atoms with Crippen LogP contribution in [0.2, 0.25) is 0 Å². The minimum atomic E-state index is 0.0415. The molecule has 1 N–H and O–H groups in total. The predicted molar refractivity (Wildman–Crippen MR) is 85.5 cm³/mol. The van der Waals surface area contributed by atoms with Gasteiger partial charge in [0.2, 0.25) is 5.91 Å². The summed E-state index contributed by atoms with van der Waals surface area (Å²) in [6.07, 6.45) is 0.375. The number of hydrogen-bond acceptors (Lipinski definition) is 4. The second kappa shape index (κ2) is 7.45. The monoisotopic (exact) mass is 306 g/mol. The van der Waals surface area contributed by atoms with Crippen LogP contribution in [-0.2, 0) is 11.2 Å². The van der Waals surface area contributed by atoms with Gasteiger partial charge in [0, 0.05) is 22.6 Å². The number of aromatic nitrogens is 1. The average Bonchev–Trinajstić information content (AvgIpc) is 2.82. The number of carbonyl (C=O) groups is 1. The molecule has 0 aliphatic heterocycles. The highest BCUT2D eigenvalue weighted by Gasteiger charge is 2.05. The highest BCUT2D eigenvalue weighted by Crippen LogP contribution is 2.17. The molecule has 1 heterocycles. The van der Waals surface area contributed by atoms with Crippen LogP contribution in [0.3, 0.4) is 0 Å². The molecule has 2 rings (SSSR count). The molecule has 1 aromatic carbocycles. The largest absolute Gasteiger partial charge is 0.355 e. The fraction of sp³-hybridized carbons (Fsp3) is 0.333. The molecular weight excluding hydrogens is 288 g/mol. The van der Waals surface area contributed by atoms with Gasteiger partial charge in [-0.2, -0.15) is 0 Å². The molecule has 0 unspecified atom stereocenters. The molecule has 0 aliphatic rings. The first kappa shape index (κ1) is 15.1. The van der Waals surface area contributed by atoms with Crippen molar-refractivity contribution in [3.8, 4) is 0 Å². The van der Waals surface area contributed by atoms with Crippen molar-refractivity contribution in [3.05, 3.63) is 45.9 Å². The summed E-state index contributed by atoms with van der Waals surface area (Å²) in [6, 6.07) is 8.43. The minimum absolute atomic E-state index is 0.0415. The summed E-state index contributed by atoms with van der Waals surface area (Å²) >= 11 is 3.33. The van der Waals surface area contributed by atoms with Gasteiger partial charge < -0.3 is 5.32 Å². The van der Waals surface area contributed by atoms with E-state index in [1.54, 1.807) is 23.1 Å². The second-order valence-corrected chi connectivity index (χ2v) is 6.78. The highest BCUT2D eigenvalue weighted by molar-refractivity contribution is 7.99. The van der Waals surface area contributed by atoms with Crippen molar-refractivity contribution in [1.82, 2.24) is 10.3 Å². The quantitative estimate of drug-likeness (QED) is 0.658. The van der Waals surface area contributed by atoms with Crippen LogP contribution in [-0.4, -0.2) is 23.2 Å². The van der Waals surface area contributed by atoms with E-state index < -0.39 is 0 Å². The smallest absolute Gasteiger partial charge is 0.226 e. The van der Waals surface area contributed by atoms with Gasteiger partial charge in [0.1, 0.15) is 0 Å². The van der Waals surface area contributed by atoms with Crippen LogP contribution in [0.1, 0.15) is 16.3 Å². The van der Waals surface area contributed by atoms with Gasteiger partial charge >= 0.3 is 0 Å². The number of carbonyl (C=O) groups excluding carboxylic acids is 1. The topological polar surface area (TPSA) is 42.0 Å². The second-order valence-electron chi connectivity index (χ2n) is 4.55. The van der Waals surface area contributed by atoms with Gasteiger partial charge in [-0.25, -0.2) is 4.98 Å². The maximum atomic E-state index is 11.7. The van der Waals surface area contributed by atoms with E-state index in [9.17, 15) is 4.79 Å². The lowest BCUT2D eigenvalue weighted by Crippen LogP contribution is -2.27. The molecule has 0 atom stereocenters. The number of nitrogens with zero attached hydrogens (tertiary/aromatic N) is 1. The normalized spacial score (nSPS) is 10.5. The number of amides is 1. The van der Waals surface area contributed by atoms with Crippen LogP contribution in [0.4, 0.5) is 0 Å². The first-order chi connectivity index (χ1) is 9.63. The van der Waals surface area contributed by atoms with Crippen molar-refractivity contribution in [2.24, 2.45) is 0 Å². The standard InChI is InChI=1S/C15H18N2OS2/c1-11-3-5-14(6-4-11)19-8-7-16-15(18)9-13-10-20-12(2)17-13/h3-6,10H,7-9H2,1-2H3,(H,16,18). The van der Waals surface area contributed by atoms with Crippen LogP contribution in [0.25, 0.3) is 0 Å². The molecule has 3 nitrogen and oxygen atoms in total. The number of nitrogens with one attached hydrogen (secondary N) is 1. The Morgan fingerprint density at radius 1 is 1.30 bits per heavy atom. The van der Waals surface area contributed by atoms with Crippen LogP contribution in [0.15, 0.2) is 34.5 Å². The van der Waals surface area contributed by atoms with Gasteiger partial charge in [-0.3, -0.25) is 4.79 Å². The zero-order valence-electron chi connectivity index (χ0n) is 11.7. The first-order valence-electron chi connectivity index (χ1n) is 6.50. The van der Waals surface area contributed by atoms with Crippen molar-refractivity contribution in [2.75, 3.05) is 12.3 Å². The molecule has 0 bridgehead atoms. The van der Waals surface area contributed by atoms with E-state index in [1.165, 1.54) is 10.5 Å². The Balaban J connectivity index is 1.65. The maximum Gasteiger partial charge on any atom is 0.226 e. The number of benzene rings is 1. The molecule has 20 heavy (non-hydrogen) atoms. The first-order valence-corrected chi connectivity index (χ1v) is 8.37. The van der Waals surface area contributed by atoms with Crippen LogP contribution < -0.4 is 5.32 Å². The fourth-order valence-electron chi connectivity index (χ4n) is 1.71. The van der Waals surface area contributed by atoms with E-state index >= 15 is 0 Å². The number of aryl methyl sites for hydroxylation is 2. The van der Waals surface area contributed by atoms with Crippen LogP contribution in [0, 0.1) is 13.8 Å². The molecule has 2 aromatic rings. The molecule has 1 amide bonds. The molecule has 1 aromatic heterocycles. The maximum absolute atomic E-state index is 11.7. The van der Waals surface area contributed by atoms with Gasteiger partial charge in [0.05, 0.1) is 17.1 Å². The van der Waals surface area contributed by atoms with E-state index in [4.69, 9.17) is 0 Å². The van der Waals surface area contributed by atoms with Crippen molar-refractivity contribution < 1.29 is 4.79 Å². The van der Waals surface area contributed by atoms with E-state index in [0.29, 0.717) is 13.0 Å². The summed E-state index contributed by atoms with van der Waals surface area (Å²) in [5, 5.41) is 5.87. The molecule has 5 heteroatoms. The SMILES string of the molecule is Cc1ccc(SCCNC(=O)Cc2csc(C)n2)cc1. The third kappa shape index (κ3) is 4.98. The number of thiazole rings is 1. The summed E-state index contributed by atoms with van der Waals surface area (Å²) in [5.74, 6) is 0.921. The van der Waals surface area contributed by atoms with Crippen molar-refractivity contribution in [2.45, 2.75) is 25.2 Å². The van der Waals surface area contributed by atoms with E-state index in [2.05, 4.69) is 41.5 Å². The Hall–Kier alpha value is -1.33. The van der Waals surface area contributed by atoms with E-state index in [1.807, 2.05) is 12.3 Å². The summed E-state index contributed by atoms with van der Waals surface area (Å²) < 4.78 is 0. The highest BCUT2D eigenvalue weighted by atomic mass is 32.2. The van der Waals surface area contributed by atoms with Crippen LogP contribution >= 0.6 is 23.1 Å². The minimum Gasteiger partial charge on any atom is -0.355 e. The lowest BCUT2D eigenvalue weighted by Gasteiger charge is -2.04. The number of rotatable bonds is 6. The zero-order chi connectivity index (χ0) is 14.4. The number of thioether (sulfide) groups is 1. The van der Waals surface area contributed by atoms with Gasteiger partial charge in [-0.05, 0) is 26.0 Å². The average molecular weight is 306 g/mol. The summed E-state index contributed by atoms with van der Waals surface area (Å²) in [6.45, 7) is 4.71. The molecule has 0 aliphatic carbocycles. The van der Waals surface area contributed by atoms with E-state index in [0.717, 1.165) is 16.5 Å². The molecule has 0 radical (unpaired) electrons. The summed E-state index contributed by atoms with van der Waals surface area (Å²) in [4.78, 5) is 17.2. The van der Waals surface area contributed by atoms with Gasteiger partial charge in [-0.1, -0.05) is 17.7 Å². The Kier molecular flexibility index (Phi) is 5.61. The molecule has 0 saturated carbocycles. The van der Waals surface area contributed by atoms with Crippen LogP contribution in [0.5, 0.6) is 0 Å². The van der Waals surface area contributed by atoms with Crippen molar-refractivity contribution >= 4 is 29.0 Å². The molecule has 0 spiro atoms. The Labute approximate surface area is 127 Å². The van der Waals surface area contributed by atoms with Crippen molar-refractivity contribution in [1.29, 1.82) is 0 Å². The van der Waals surface area contributed by atoms with Crippen molar-refractivity contribution in [3.63, 3.8) is 0 Å². The lowest BCUT2D eigenvalue weighted by atomic mass is 10.2. The van der Waals surface area contributed by atoms with Gasteiger partial charge in [0.15, 0.2) is 0 Å². The Morgan fingerprint density at radius 2 is 2.05 bits per heavy atom. The molecule has 0 saturated heterocycles. The Bertz CT molecular complexity index is 564. The zero-order valence-corrected chi connectivity index (χ0v) is 13.3. The van der Waals surface area contributed by atoms with E-state index in [-0.39, 0.29) is 5.91 Å². The Morgan fingerprint density at radius 3 is 2.70 bits per heavy atom. The summed E-state index contributed by atoms with van der Waals surface area (Å²) in [5.41, 5.74) is 2.12. The van der Waals surface area contributed by atoms with Gasteiger partial charge in [-0.15, -0.1) is 23.1 Å². The predicted octanol–water partition coefficient (Wildman–Crippen LogP) is 3.21. The lowest BCUT2D eigenvalue weighted by molar-refractivity contribution is -0.120. The fourth-order valence-corrected chi connectivity index (χ4v) is 3.09. The third-order valence-corrected chi connectivity index (χ3v) is 4.56. The molecule has 106 valence electrons. The molecule has 0 fully saturated rings.